The van der Waals surface area contributed by atoms with E-state index in [1.807, 2.05) is 43.4 Å². The van der Waals surface area contributed by atoms with Crippen LogP contribution in [0.15, 0.2) is 53.5 Å². The highest BCUT2D eigenvalue weighted by molar-refractivity contribution is 5.94. The number of hydrogen-bond donors (Lipinski definition) is 2. The Kier molecular flexibility index (Phi) is 5.10. The summed E-state index contributed by atoms with van der Waals surface area (Å²) >= 11 is 0. The summed E-state index contributed by atoms with van der Waals surface area (Å²) in [6, 6.07) is 13.0. The van der Waals surface area contributed by atoms with Crippen LogP contribution in [0, 0.1) is 0 Å². The molecule has 6 nitrogen and oxygen atoms in total. The maximum Gasteiger partial charge on any atom is 0.261 e. The highest BCUT2D eigenvalue weighted by Gasteiger charge is 2.23. The number of carbonyl (C=O) groups is 1. The van der Waals surface area contributed by atoms with Crippen LogP contribution in [0.3, 0.4) is 0 Å². The van der Waals surface area contributed by atoms with E-state index in [1.165, 1.54) is 0 Å². The zero-order chi connectivity index (χ0) is 19.5. The summed E-state index contributed by atoms with van der Waals surface area (Å²) < 4.78 is 1.74. The zero-order valence-corrected chi connectivity index (χ0v) is 15.9. The number of H-pyrrole nitrogens is 1. The van der Waals surface area contributed by atoms with Gasteiger partial charge in [0.05, 0.1) is 11.7 Å². The smallest absolute Gasteiger partial charge is 0.261 e. The number of benzene rings is 1. The summed E-state index contributed by atoms with van der Waals surface area (Å²) in [6.45, 7) is 0. The molecule has 144 valence electrons. The second kappa shape index (κ2) is 7.84. The minimum absolute atomic E-state index is 0.170. The number of nitrogens with zero attached hydrogens (tertiary/aromatic N) is 2. The van der Waals surface area contributed by atoms with Crippen molar-refractivity contribution in [2.75, 3.05) is 0 Å². The van der Waals surface area contributed by atoms with Gasteiger partial charge in [-0.1, -0.05) is 36.8 Å². The second-order valence-corrected chi connectivity index (χ2v) is 7.27. The molecule has 1 atom stereocenters. The van der Waals surface area contributed by atoms with Crippen molar-refractivity contribution in [1.82, 2.24) is 20.1 Å². The normalized spacial score (nSPS) is 14.8. The van der Waals surface area contributed by atoms with E-state index >= 15 is 0 Å². The molecule has 0 unspecified atom stereocenters. The topological polar surface area (TPSA) is 79.8 Å². The summed E-state index contributed by atoms with van der Waals surface area (Å²) in [7, 11) is 1.84. The predicted molar refractivity (Wildman–Crippen MR) is 107 cm³/mol. The number of amides is 1. The molecule has 0 saturated heterocycles. The maximum atomic E-state index is 13.1. The van der Waals surface area contributed by atoms with Gasteiger partial charge >= 0.3 is 0 Å². The fourth-order valence-corrected chi connectivity index (χ4v) is 3.87. The van der Waals surface area contributed by atoms with Gasteiger partial charge in [0.1, 0.15) is 5.56 Å². The van der Waals surface area contributed by atoms with Crippen molar-refractivity contribution < 1.29 is 4.79 Å². The molecule has 0 saturated carbocycles. The first kappa shape index (κ1) is 18.2. The Hall–Kier alpha value is -3.15. The number of aromatic nitrogens is 3. The molecule has 2 N–H and O–H groups in total. The summed E-state index contributed by atoms with van der Waals surface area (Å²) in [5, 5.41) is 7.26. The summed E-state index contributed by atoms with van der Waals surface area (Å²) in [4.78, 5) is 28.6. The van der Waals surface area contributed by atoms with E-state index in [9.17, 15) is 9.59 Å². The van der Waals surface area contributed by atoms with Gasteiger partial charge in [0.25, 0.3) is 11.5 Å². The molecular formula is C22H24N4O2. The molecule has 0 radical (unpaired) electrons. The summed E-state index contributed by atoms with van der Waals surface area (Å²) in [6.07, 6.45) is 6.78. The molecule has 0 fully saturated rings. The molecule has 0 spiro atoms. The Morgan fingerprint density at radius 2 is 1.93 bits per heavy atom. The molecule has 1 aliphatic carbocycles. The van der Waals surface area contributed by atoms with Gasteiger partial charge in [-0.15, -0.1) is 0 Å². The maximum absolute atomic E-state index is 13.1. The third-order valence-electron chi connectivity index (χ3n) is 5.40. The Bertz CT molecular complexity index is 1040. The van der Waals surface area contributed by atoms with Gasteiger partial charge < -0.3 is 10.3 Å². The molecule has 2 heterocycles. The second-order valence-electron chi connectivity index (χ2n) is 7.27. The van der Waals surface area contributed by atoms with Crippen molar-refractivity contribution in [1.29, 1.82) is 0 Å². The minimum Gasteiger partial charge on any atom is -0.339 e. The number of hydrogen-bond acceptors (Lipinski definition) is 3. The predicted octanol–water partition coefficient (Wildman–Crippen LogP) is 2.90. The standard InChI is InChI=1S/C22H24N4O2/c1-26-19(12-13-23-26)20(15-8-4-2-5-9-15)25-22(28)17-14-16-10-6-3-7-11-18(16)24-21(17)27/h2,4-5,8-9,12-14,20H,3,6-7,10-11H2,1H3,(H,24,27)(H,25,28)/t20-/m0/s1. The van der Waals surface area contributed by atoms with Crippen molar-refractivity contribution in [3.05, 3.63) is 87.1 Å². The Morgan fingerprint density at radius 3 is 2.68 bits per heavy atom. The number of aryl methyl sites for hydroxylation is 3. The van der Waals surface area contributed by atoms with Crippen LogP contribution in [-0.2, 0) is 19.9 Å². The number of rotatable bonds is 4. The van der Waals surface area contributed by atoms with E-state index in [1.54, 1.807) is 16.9 Å². The number of fused-ring (bicyclic) bond motifs is 1. The molecule has 3 aromatic rings. The molecule has 28 heavy (non-hydrogen) atoms. The average molecular weight is 376 g/mol. The van der Waals surface area contributed by atoms with Crippen molar-refractivity contribution in [3.63, 3.8) is 0 Å². The molecule has 2 aromatic heterocycles. The number of pyridine rings is 1. The third-order valence-corrected chi connectivity index (χ3v) is 5.40. The van der Waals surface area contributed by atoms with Crippen molar-refractivity contribution in [3.8, 4) is 0 Å². The number of aromatic amines is 1. The molecule has 4 rings (SSSR count). The van der Waals surface area contributed by atoms with Gasteiger partial charge in [-0.3, -0.25) is 14.3 Å². The Morgan fingerprint density at radius 1 is 1.14 bits per heavy atom. The van der Waals surface area contributed by atoms with Gasteiger partial charge in [0.2, 0.25) is 0 Å². The van der Waals surface area contributed by atoms with E-state index < -0.39 is 0 Å². The largest absolute Gasteiger partial charge is 0.339 e. The monoisotopic (exact) mass is 376 g/mol. The van der Waals surface area contributed by atoms with Crippen LogP contribution in [0.1, 0.15) is 58.2 Å². The van der Waals surface area contributed by atoms with Gasteiger partial charge in [0.15, 0.2) is 0 Å². The quantitative estimate of drug-likeness (QED) is 0.687. The molecule has 0 bridgehead atoms. The fraction of sp³-hybridized carbons (Fsp3) is 0.318. The lowest BCUT2D eigenvalue weighted by Crippen LogP contribution is -2.34. The van der Waals surface area contributed by atoms with E-state index in [0.717, 1.165) is 54.6 Å². The van der Waals surface area contributed by atoms with Crippen LogP contribution in [0.5, 0.6) is 0 Å². The number of nitrogens with one attached hydrogen (secondary N) is 2. The molecule has 0 aliphatic heterocycles. The van der Waals surface area contributed by atoms with Gasteiger partial charge in [-0.25, -0.2) is 0 Å². The summed E-state index contributed by atoms with van der Waals surface area (Å²) in [5.41, 5.74) is 3.69. The molecule has 1 aromatic carbocycles. The number of carbonyl (C=O) groups excluding carboxylic acids is 1. The SMILES string of the molecule is Cn1nccc1[C@@H](NC(=O)c1cc2c([nH]c1=O)CCCCC2)c1ccccc1. The first-order valence-electron chi connectivity index (χ1n) is 9.72. The van der Waals surface area contributed by atoms with E-state index in [2.05, 4.69) is 15.4 Å². The zero-order valence-electron chi connectivity index (χ0n) is 15.9. The first-order chi connectivity index (χ1) is 13.6. The van der Waals surface area contributed by atoms with Crippen LogP contribution < -0.4 is 10.9 Å². The minimum atomic E-state index is -0.389. The Balaban J connectivity index is 1.68. The van der Waals surface area contributed by atoms with Crippen LogP contribution in [0.4, 0.5) is 0 Å². The molecular weight excluding hydrogens is 352 g/mol. The van der Waals surface area contributed by atoms with E-state index in [4.69, 9.17) is 0 Å². The van der Waals surface area contributed by atoms with Crippen LogP contribution in [-0.4, -0.2) is 20.7 Å². The average Bonchev–Trinajstić information content (AvgIpc) is 2.99. The van der Waals surface area contributed by atoms with Crippen molar-refractivity contribution in [2.45, 2.75) is 38.1 Å². The van der Waals surface area contributed by atoms with Crippen molar-refractivity contribution in [2.24, 2.45) is 7.05 Å². The lowest BCUT2D eigenvalue weighted by Gasteiger charge is -2.20. The molecule has 1 aliphatic rings. The van der Waals surface area contributed by atoms with Gasteiger partial charge in [-0.05, 0) is 48.9 Å². The van der Waals surface area contributed by atoms with E-state index in [-0.39, 0.29) is 23.1 Å². The molecule has 6 heteroatoms. The highest BCUT2D eigenvalue weighted by Crippen LogP contribution is 2.22. The summed E-state index contributed by atoms with van der Waals surface area (Å²) in [5.74, 6) is -0.372. The lowest BCUT2D eigenvalue weighted by molar-refractivity contribution is 0.0940. The third kappa shape index (κ3) is 3.63. The van der Waals surface area contributed by atoms with Crippen LogP contribution in [0.2, 0.25) is 0 Å². The van der Waals surface area contributed by atoms with E-state index in [0.29, 0.717) is 0 Å². The fourth-order valence-electron chi connectivity index (χ4n) is 3.87. The lowest BCUT2D eigenvalue weighted by atomic mass is 10.0. The van der Waals surface area contributed by atoms with Crippen LogP contribution in [0.25, 0.3) is 0 Å². The van der Waals surface area contributed by atoms with Gasteiger partial charge in [0, 0.05) is 18.9 Å². The highest BCUT2D eigenvalue weighted by atomic mass is 16.2. The Labute approximate surface area is 163 Å². The molecule has 1 amide bonds. The van der Waals surface area contributed by atoms with Crippen LogP contribution >= 0.6 is 0 Å². The van der Waals surface area contributed by atoms with Gasteiger partial charge in [-0.2, -0.15) is 5.10 Å². The van der Waals surface area contributed by atoms with Crippen molar-refractivity contribution >= 4 is 5.91 Å². The first-order valence-corrected chi connectivity index (χ1v) is 9.72.